The monoisotopic (exact) mass is 261 g/mol. The van der Waals surface area contributed by atoms with Gasteiger partial charge in [-0.2, -0.15) is 0 Å². The summed E-state index contributed by atoms with van der Waals surface area (Å²) in [4.78, 5) is 3.99. The normalized spacial score (nSPS) is 11.2. The zero-order valence-electron chi connectivity index (χ0n) is 10.9. The van der Waals surface area contributed by atoms with Gasteiger partial charge in [0.15, 0.2) is 0 Å². The highest BCUT2D eigenvalue weighted by Crippen LogP contribution is 2.27. The lowest BCUT2D eigenvalue weighted by molar-refractivity contribution is 0.547. The Labute approximate surface area is 111 Å². The Morgan fingerprint density at radius 1 is 1.42 bits per heavy atom. The molecular formula is C14H16FN3O. The van der Waals surface area contributed by atoms with Crippen molar-refractivity contribution in [2.24, 2.45) is 5.84 Å². The van der Waals surface area contributed by atoms with Crippen LogP contribution in [0.5, 0.6) is 0 Å². The number of aromatic nitrogens is 1. The van der Waals surface area contributed by atoms with Gasteiger partial charge in [0, 0.05) is 18.7 Å². The zero-order valence-corrected chi connectivity index (χ0v) is 10.9. The van der Waals surface area contributed by atoms with Gasteiger partial charge in [-0.25, -0.2) is 15.2 Å². The van der Waals surface area contributed by atoms with E-state index in [-0.39, 0.29) is 5.82 Å². The van der Waals surface area contributed by atoms with Crippen molar-refractivity contribution in [3.8, 4) is 0 Å². The highest BCUT2D eigenvalue weighted by molar-refractivity contribution is 5.77. The van der Waals surface area contributed by atoms with E-state index in [1.54, 1.807) is 31.5 Å². The molecule has 0 atom stereocenters. The van der Waals surface area contributed by atoms with Crippen molar-refractivity contribution in [2.45, 2.75) is 13.3 Å². The van der Waals surface area contributed by atoms with Gasteiger partial charge in [-0.05, 0) is 30.2 Å². The maximum absolute atomic E-state index is 13.8. The van der Waals surface area contributed by atoms with Gasteiger partial charge in [0.1, 0.15) is 12.1 Å². The Balaban J connectivity index is 2.49. The number of oxazole rings is 1. The maximum Gasteiger partial charge on any atom is 0.218 e. The molecule has 1 aromatic carbocycles. The van der Waals surface area contributed by atoms with E-state index in [2.05, 4.69) is 4.98 Å². The van der Waals surface area contributed by atoms with Crippen LogP contribution in [0.4, 0.5) is 10.1 Å². The average Bonchev–Trinajstić information content (AvgIpc) is 2.89. The van der Waals surface area contributed by atoms with Gasteiger partial charge in [0.05, 0.1) is 11.9 Å². The van der Waals surface area contributed by atoms with Crippen LogP contribution >= 0.6 is 0 Å². The second kappa shape index (κ2) is 5.67. The van der Waals surface area contributed by atoms with Crippen LogP contribution in [0.1, 0.15) is 23.9 Å². The maximum atomic E-state index is 13.8. The molecule has 4 nitrogen and oxygen atoms in total. The molecule has 1 heterocycles. The molecule has 0 spiro atoms. The van der Waals surface area contributed by atoms with Crippen LogP contribution in [-0.2, 0) is 6.42 Å². The van der Waals surface area contributed by atoms with Gasteiger partial charge in [-0.1, -0.05) is 6.92 Å². The van der Waals surface area contributed by atoms with Gasteiger partial charge in [-0.15, -0.1) is 0 Å². The molecule has 0 radical (unpaired) electrons. The minimum absolute atomic E-state index is 0.236. The average molecular weight is 261 g/mol. The van der Waals surface area contributed by atoms with E-state index in [0.29, 0.717) is 17.9 Å². The predicted molar refractivity (Wildman–Crippen MR) is 73.8 cm³/mol. The second-order valence-electron chi connectivity index (χ2n) is 4.13. The lowest BCUT2D eigenvalue weighted by Gasteiger charge is -2.18. The Morgan fingerprint density at radius 3 is 2.79 bits per heavy atom. The number of rotatable bonds is 4. The molecule has 0 fully saturated rings. The quantitative estimate of drug-likeness (QED) is 0.679. The molecular weight excluding hydrogens is 245 g/mol. The molecule has 0 unspecified atom stereocenters. The third-order valence-corrected chi connectivity index (χ3v) is 2.85. The molecule has 2 N–H and O–H groups in total. The summed E-state index contributed by atoms with van der Waals surface area (Å²) >= 11 is 0. The van der Waals surface area contributed by atoms with E-state index in [1.165, 1.54) is 17.3 Å². The van der Waals surface area contributed by atoms with Crippen LogP contribution in [0.2, 0.25) is 0 Å². The summed E-state index contributed by atoms with van der Waals surface area (Å²) in [5.41, 5.74) is 2.12. The van der Waals surface area contributed by atoms with Gasteiger partial charge in [0.2, 0.25) is 5.89 Å². The second-order valence-corrected chi connectivity index (χ2v) is 4.13. The fourth-order valence-corrected chi connectivity index (χ4v) is 1.95. The number of nitrogens with two attached hydrogens (primary N) is 1. The van der Waals surface area contributed by atoms with Crippen molar-refractivity contribution in [1.29, 1.82) is 0 Å². The summed E-state index contributed by atoms with van der Waals surface area (Å²) in [6.45, 7) is 1.90. The topological polar surface area (TPSA) is 55.3 Å². The molecule has 100 valence electrons. The molecule has 0 aliphatic rings. The number of benzene rings is 1. The minimum Gasteiger partial charge on any atom is -0.445 e. The fourth-order valence-electron chi connectivity index (χ4n) is 1.95. The number of hydrogen-bond donors (Lipinski definition) is 1. The van der Waals surface area contributed by atoms with Gasteiger partial charge in [0.25, 0.3) is 0 Å². The molecule has 0 aliphatic heterocycles. The summed E-state index contributed by atoms with van der Waals surface area (Å²) in [6.07, 6.45) is 7.09. The van der Waals surface area contributed by atoms with Gasteiger partial charge in [-0.3, -0.25) is 0 Å². The fraction of sp³-hybridized carbons (Fsp3) is 0.214. The van der Waals surface area contributed by atoms with E-state index in [0.717, 1.165) is 11.3 Å². The van der Waals surface area contributed by atoms with Crippen molar-refractivity contribution in [3.05, 3.63) is 47.4 Å². The molecule has 0 aliphatic carbocycles. The lowest BCUT2D eigenvalue weighted by Crippen LogP contribution is -2.26. The molecule has 0 saturated carbocycles. The summed E-state index contributed by atoms with van der Waals surface area (Å²) in [5, 5.41) is 1.47. The van der Waals surface area contributed by atoms with E-state index in [9.17, 15) is 4.39 Å². The summed E-state index contributed by atoms with van der Waals surface area (Å²) in [6, 6.07) is 3.09. The standard InChI is InChI=1S/C14H16FN3O/c1-3-10-11(4-7-14-17-8-9-19-14)13(18(2)16)6-5-12(10)15/h4-9H,3,16H2,1-2H3/b7-4+. The smallest absolute Gasteiger partial charge is 0.218 e. The highest BCUT2D eigenvalue weighted by atomic mass is 19.1. The zero-order chi connectivity index (χ0) is 13.8. The number of anilines is 1. The largest absolute Gasteiger partial charge is 0.445 e. The molecule has 0 saturated heterocycles. The van der Waals surface area contributed by atoms with E-state index < -0.39 is 0 Å². The van der Waals surface area contributed by atoms with Crippen molar-refractivity contribution in [1.82, 2.24) is 4.98 Å². The van der Waals surface area contributed by atoms with E-state index >= 15 is 0 Å². The first-order chi connectivity index (χ1) is 9.13. The van der Waals surface area contributed by atoms with Crippen LogP contribution in [-0.4, -0.2) is 12.0 Å². The SMILES string of the molecule is CCc1c(F)ccc(N(C)N)c1/C=C/c1ncco1. The van der Waals surface area contributed by atoms with Crippen LogP contribution in [0.3, 0.4) is 0 Å². The Kier molecular flexibility index (Phi) is 3.97. The lowest BCUT2D eigenvalue weighted by atomic mass is 10.0. The molecule has 5 heteroatoms. The molecule has 0 amide bonds. The predicted octanol–water partition coefficient (Wildman–Crippen LogP) is 2.86. The molecule has 2 rings (SSSR count). The third kappa shape index (κ3) is 2.82. The molecule has 2 aromatic rings. The van der Waals surface area contributed by atoms with Gasteiger partial charge < -0.3 is 9.43 Å². The van der Waals surface area contributed by atoms with Crippen molar-refractivity contribution in [2.75, 3.05) is 12.1 Å². The third-order valence-electron chi connectivity index (χ3n) is 2.85. The minimum atomic E-state index is -0.236. The number of halogens is 1. The first-order valence-corrected chi connectivity index (χ1v) is 6.00. The van der Waals surface area contributed by atoms with Crippen LogP contribution in [0.25, 0.3) is 12.2 Å². The first-order valence-electron chi connectivity index (χ1n) is 6.00. The van der Waals surface area contributed by atoms with Crippen LogP contribution in [0, 0.1) is 5.82 Å². The summed E-state index contributed by atoms with van der Waals surface area (Å²) in [7, 11) is 1.72. The van der Waals surface area contributed by atoms with Crippen molar-refractivity contribution >= 4 is 17.8 Å². The number of hydrogen-bond acceptors (Lipinski definition) is 4. The Morgan fingerprint density at radius 2 is 2.21 bits per heavy atom. The first kappa shape index (κ1) is 13.3. The molecule has 0 bridgehead atoms. The number of nitrogens with zero attached hydrogens (tertiary/aromatic N) is 2. The Bertz CT molecular complexity index is 577. The highest BCUT2D eigenvalue weighted by Gasteiger charge is 2.11. The van der Waals surface area contributed by atoms with Crippen molar-refractivity contribution < 1.29 is 8.81 Å². The summed E-state index contributed by atoms with van der Waals surface area (Å²) in [5.74, 6) is 6.01. The van der Waals surface area contributed by atoms with Crippen molar-refractivity contribution in [3.63, 3.8) is 0 Å². The van der Waals surface area contributed by atoms with E-state index in [4.69, 9.17) is 10.3 Å². The van der Waals surface area contributed by atoms with Crippen LogP contribution < -0.4 is 10.9 Å². The Hall–Kier alpha value is -2.14. The van der Waals surface area contributed by atoms with Crippen LogP contribution in [0.15, 0.2) is 29.0 Å². The van der Waals surface area contributed by atoms with Gasteiger partial charge >= 0.3 is 0 Å². The van der Waals surface area contributed by atoms with E-state index in [1.807, 2.05) is 6.92 Å². The molecule has 1 aromatic heterocycles. The summed E-state index contributed by atoms with van der Waals surface area (Å²) < 4.78 is 19.0. The number of hydrazine groups is 1. The molecule has 19 heavy (non-hydrogen) atoms.